The van der Waals surface area contributed by atoms with Crippen molar-refractivity contribution >= 4 is 11.6 Å². The Kier molecular flexibility index (Phi) is 6.07. The molecule has 1 amide bonds. The van der Waals surface area contributed by atoms with Gasteiger partial charge in [-0.15, -0.1) is 0 Å². The van der Waals surface area contributed by atoms with Crippen LogP contribution in [0.3, 0.4) is 0 Å². The van der Waals surface area contributed by atoms with Gasteiger partial charge in [0.25, 0.3) is 5.91 Å². The third-order valence-corrected chi connectivity index (χ3v) is 4.72. The van der Waals surface area contributed by atoms with E-state index >= 15 is 0 Å². The van der Waals surface area contributed by atoms with Crippen molar-refractivity contribution in [2.45, 2.75) is 32.4 Å². The molecule has 2 aromatic carbocycles. The largest absolute Gasteiger partial charge is 0.367 e. The molecule has 4 nitrogen and oxygen atoms in total. The second-order valence-electron chi connectivity index (χ2n) is 6.56. The number of carbonyl (C=O) groups excluding carboxylic acids is 1. The van der Waals surface area contributed by atoms with Crippen LogP contribution in [0.2, 0.25) is 0 Å². The Morgan fingerprint density at radius 1 is 1.16 bits per heavy atom. The summed E-state index contributed by atoms with van der Waals surface area (Å²) in [6, 6.07) is 18.6. The van der Waals surface area contributed by atoms with Gasteiger partial charge in [0.05, 0.1) is 0 Å². The van der Waals surface area contributed by atoms with Crippen molar-refractivity contribution < 1.29 is 4.79 Å². The number of carbonyl (C=O) groups is 1. The van der Waals surface area contributed by atoms with Crippen LogP contribution in [0.5, 0.6) is 0 Å². The van der Waals surface area contributed by atoms with Gasteiger partial charge in [-0.05, 0) is 56.1 Å². The average molecular weight is 337 g/mol. The van der Waals surface area contributed by atoms with Crippen LogP contribution < -0.4 is 15.5 Å². The monoisotopic (exact) mass is 337 g/mol. The van der Waals surface area contributed by atoms with E-state index in [1.165, 1.54) is 5.56 Å². The van der Waals surface area contributed by atoms with E-state index in [0.29, 0.717) is 0 Å². The van der Waals surface area contributed by atoms with Gasteiger partial charge in [0.1, 0.15) is 0 Å². The Balaban J connectivity index is 1.62. The zero-order valence-corrected chi connectivity index (χ0v) is 14.9. The van der Waals surface area contributed by atoms with E-state index in [2.05, 4.69) is 46.7 Å². The van der Waals surface area contributed by atoms with Crippen LogP contribution in [0.15, 0.2) is 54.6 Å². The lowest BCUT2D eigenvalue weighted by atomic mass is 10.1. The van der Waals surface area contributed by atoms with Crippen molar-refractivity contribution in [1.82, 2.24) is 10.6 Å². The van der Waals surface area contributed by atoms with Crippen LogP contribution in [0, 0.1) is 0 Å². The molecular formula is C21H27N3O. The van der Waals surface area contributed by atoms with Crippen LogP contribution in [0.4, 0.5) is 5.69 Å². The van der Waals surface area contributed by atoms with Crippen molar-refractivity contribution in [2.75, 3.05) is 24.5 Å². The molecule has 1 aliphatic rings. The number of anilines is 1. The minimum Gasteiger partial charge on any atom is -0.367 e. The summed E-state index contributed by atoms with van der Waals surface area (Å²) in [5.41, 5.74) is 3.16. The molecule has 0 spiro atoms. The number of hydrogen-bond acceptors (Lipinski definition) is 3. The fourth-order valence-electron chi connectivity index (χ4n) is 3.26. The molecule has 1 unspecified atom stereocenters. The first-order valence-corrected chi connectivity index (χ1v) is 9.17. The first-order chi connectivity index (χ1) is 12.3. The summed E-state index contributed by atoms with van der Waals surface area (Å²) >= 11 is 0. The molecule has 4 heteroatoms. The van der Waals surface area contributed by atoms with Crippen LogP contribution in [-0.4, -0.2) is 31.6 Å². The fourth-order valence-corrected chi connectivity index (χ4v) is 3.26. The Bertz CT molecular complexity index is 663. The molecule has 25 heavy (non-hydrogen) atoms. The Morgan fingerprint density at radius 3 is 2.56 bits per heavy atom. The lowest BCUT2D eigenvalue weighted by Crippen LogP contribution is -2.45. The van der Waals surface area contributed by atoms with Crippen molar-refractivity contribution in [2.24, 2.45) is 0 Å². The number of hydrogen-bond donors (Lipinski definition) is 2. The smallest absolute Gasteiger partial charge is 0.251 e. The molecule has 0 aliphatic carbocycles. The van der Waals surface area contributed by atoms with E-state index in [-0.39, 0.29) is 11.9 Å². The SMILES string of the molecule is CCN(Cc1ccccc1)c1ccc(C(=O)NC2CCCNC2)cc1. The van der Waals surface area contributed by atoms with Gasteiger partial charge >= 0.3 is 0 Å². The number of rotatable bonds is 6. The van der Waals surface area contributed by atoms with Crippen molar-refractivity contribution in [3.8, 4) is 0 Å². The molecule has 132 valence electrons. The highest BCUT2D eigenvalue weighted by Crippen LogP contribution is 2.18. The number of nitrogens with one attached hydrogen (secondary N) is 2. The van der Waals surface area contributed by atoms with Crippen molar-refractivity contribution in [3.63, 3.8) is 0 Å². The van der Waals surface area contributed by atoms with E-state index < -0.39 is 0 Å². The summed E-state index contributed by atoms with van der Waals surface area (Å²) in [6.45, 7) is 5.87. The second-order valence-corrected chi connectivity index (χ2v) is 6.56. The topological polar surface area (TPSA) is 44.4 Å². The number of piperidine rings is 1. The number of benzene rings is 2. The zero-order chi connectivity index (χ0) is 17.5. The first kappa shape index (κ1) is 17.5. The summed E-state index contributed by atoms with van der Waals surface area (Å²) in [4.78, 5) is 14.7. The molecule has 0 radical (unpaired) electrons. The Hall–Kier alpha value is -2.33. The van der Waals surface area contributed by atoms with E-state index in [4.69, 9.17) is 0 Å². The lowest BCUT2D eigenvalue weighted by molar-refractivity contribution is 0.0930. The summed E-state index contributed by atoms with van der Waals surface area (Å²) in [5, 5.41) is 6.45. The van der Waals surface area contributed by atoms with Crippen molar-refractivity contribution in [1.29, 1.82) is 0 Å². The van der Waals surface area contributed by atoms with E-state index in [9.17, 15) is 4.79 Å². The predicted octanol–water partition coefficient (Wildman–Crippen LogP) is 3.19. The van der Waals surface area contributed by atoms with Crippen molar-refractivity contribution in [3.05, 3.63) is 65.7 Å². The Labute approximate surface area is 150 Å². The molecular weight excluding hydrogens is 310 g/mol. The van der Waals surface area contributed by atoms with E-state index in [0.717, 1.165) is 50.3 Å². The van der Waals surface area contributed by atoms with Gasteiger partial charge in [0.15, 0.2) is 0 Å². The number of amides is 1. The highest BCUT2D eigenvalue weighted by molar-refractivity contribution is 5.94. The second kappa shape index (κ2) is 8.67. The summed E-state index contributed by atoms with van der Waals surface area (Å²) < 4.78 is 0. The van der Waals surface area contributed by atoms with Crippen LogP contribution in [0.1, 0.15) is 35.7 Å². The zero-order valence-electron chi connectivity index (χ0n) is 14.9. The maximum absolute atomic E-state index is 12.4. The van der Waals surface area contributed by atoms with E-state index in [1.54, 1.807) is 0 Å². The summed E-state index contributed by atoms with van der Waals surface area (Å²) in [7, 11) is 0. The standard InChI is InChI=1S/C21H27N3O/c1-2-24(16-17-7-4-3-5-8-17)20-12-10-18(11-13-20)21(25)23-19-9-6-14-22-15-19/h3-5,7-8,10-13,19,22H,2,6,9,14-16H2,1H3,(H,23,25). The molecule has 0 bridgehead atoms. The molecule has 0 saturated carbocycles. The van der Waals surface area contributed by atoms with Gasteiger partial charge in [-0.25, -0.2) is 0 Å². The first-order valence-electron chi connectivity index (χ1n) is 9.17. The fraction of sp³-hybridized carbons (Fsp3) is 0.381. The van der Waals surface area contributed by atoms with Gasteiger partial charge in [-0.1, -0.05) is 30.3 Å². The molecule has 1 aliphatic heterocycles. The molecule has 0 aromatic heterocycles. The van der Waals surface area contributed by atoms with Crippen LogP contribution in [0.25, 0.3) is 0 Å². The highest BCUT2D eigenvalue weighted by atomic mass is 16.1. The predicted molar refractivity (Wildman–Crippen MR) is 103 cm³/mol. The van der Waals surface area contributed by atoms with Gasteiger partial charge in [0, 0.05) is 36.9 Å². The molecule has 2 N–H and O–H groups in total. The van der Waals surface area contributed by atoms with Gasteiger partial charge in [0.2, 0.25) is 0 Å². The molecule has 1 saturated heterocycles. The minimum absolute atomic E-state index is 0.0198. The summed E-state index contributed by atoms with van der Waals surface area (Å²) in [6.07, 6.45) is 2.17. The molecule has 1 heterocycles. The van der Waals surface area contributed by atoms with E-state index in [1.807, 2.05) is 30.3 Å². The van der Waals surface area contributed by atoms with Crippen LogP contribution >= 0.6 is 0 Å². The normalized spacial score (nSPS) is 17.1. The minimum atomic E-state index is 0.0198. The molecule has 1 fully saturated rings. The number of nitrogens with zero attached hydrogens (tertiary/aromatic N) is 1. The molecule has 2 aromatic rings. The molecule has 1 atom stereocenters. The molecule has 3 rings (SSSR count). The highest BCUT2D eigenvalue weighted by Gasteiger charge is 2.16. The lowest BCUT2D eigenvalue weighted by Gasteiger charge is -2.25. The maximum atomic E-state index is 12.4. The van der Waals surface area contributed by atoms with Gasteiger partial charge in [-0.3, -0.25) is 4.79 Å². The quantitative estimate of drug-likeness (QED) is 0.851. The third kappa shape index (κ3) is 4.83. The third-order valence-electron chi connectivity index (χ3n) is 4.72. The summed E-state index contributed by atoms with van der Waals surface area (Å²) in [5.74, 6) is 0.0198. The van der Waals surface area contributed by atoms with Crippen LogP contribution in [-0.2, 0) is 6.54 Å². The Morgan fingerprint density at radius 2 is 1.92 bits per heavy atom. The average Bonchev–Trinajstić information content (AvgIpc) is 2.68. The maximum Gasteiger partial charge on any atom is 0.251 e. The van der Waals surface area contributed by atoms with Gasteiger partial charge < -0.3 is 15.5 Å². The van der Waals surface area contributed by atoms with Gasteiger partial charge in [-0.2, -0.15) is 0 Å².